The van der Waals surface area contributed by atoms with Crippen molar-refractivity contribution in [1.82, 2.24) is 14.7 Å². The Morgan fingerprint density at radius 1 is 1.60 bits per heavy atom. The number of halogens is 1. The summed E-state index contributed by atoms with van der Waals surface area (Å²) in [6.45, 7) is 2.31. The van der Waals surface area contributed by atoms with Crippen molar-refractivity contribution in [3.63, 3.8) is 0 Å². The predicted octanol–water partition coefficient (Wildman–Crippen LogP) is 1.73. The Morgan fingerprint density at radius 2 is 2.40 bits per heavy atom. The topological polar surface area (TPSA) is 50.2 Å². The summed E-state index contributed by atoms with van der Waals surface area (Å²) in [4.78, 5) is 14.2. The number of hydrogen-bond acceptors (Lipinski definition) is 5. The molecule has 1 aliphatic rings. The largest absolute Gasteiger partial charge is 0.382 e. The molecule has 1 atom stereocenters. The van der Waals surface area contributed by atoms with E-state index < -0.39 is 0 Å². The van der Waals surface area contributed by atoms with Gasteiger partial charge in [0.2, 0.25) is 0 Å². The minimum absolute atomic E-state index is 0.0716. The first-order valence-electron chi connectivity index (χ1n) is 6.80. The van der Waals surface area contributed by atoms with E-state index in [-0.39, 0.29) is 5.56 Å². The van der Waals surface area contributed by atoms with Crippen LogP contribution in [0.25, 0.3) is 0 Å². The van der Waals surface area contributed by atoms with Gasteiger partial charge in [-0.2, -0.15) is 16.9 Å². The summed E-state index contributed by atoms with van der Waals surface area (Å²) >= 11 is 5.39. The average Bonchev–Trinajstić information content (AvgIpc) is 2.92. The fourth-order valence-electron chi connectivity index (χ4n) is 2.04. The number of nitrogens with zero attached hydrogens (tertiary/aromatic N) is 3. The molecule has 0 radical (unpaired) electrons. The fraction of sp³-hybridized carbons (Fsp3) is 0.692. The maximum absolute atomic E-state index is 12.2. The first-order chi connectivity index (χ1) is 9.58. The molecular weight excluding hydrogens is 340 g/mol. The van der Waals surface area contributed by atoms with Gasteiger partial charge in [-0.3, -0.25) is 4.79 Å². The highest BCUT2D eigenvalue weighted by Crippen LogP contribution is 2.24. The molecule has 0 spiro atoms. The third-order valence-electron chi connectivity index (χ3n) is 3.35. The lowest BCUT2D eigenvalue weighted by atomic mass is 10.1. The summed E-state index contributed by atoms with van der Waals surface area (Å²) in [5, 5.41) is 7.58. The van der Waals surface area contributed by atoms with Crippen LogP contribution in [0.3, 0.4) is 0 Å². The van der Waals surface area contributed by atoms with Crippen molar-refractivity contribution in [3.05, 3.63) is 21.0 Å². The third kappa shape index (κ3) is 4.23. The van der Waals surface area contributed by atoms with Crippen LogP contribution in [0.15, 0.2) is 15.5 Å². The Morgan fingerprint density at radius 3 is 3.05 bits per heavy atom. The van der Waals surface area contributed by atoms with Gasteiger partial charge in [0.1, 0.15) is 4.47 Å². The van der Waals surface area contributed by atoms with Gasteiger partial charge in [0.05, 0.1) is 18.4 Å². The first-order valence-corrected chi connectivity index (χ1v) is 8.74. The van der Waals surface area contributed by atoms with Crippen molar-refractivity contribution in [1.29, 1.82) is 0 Å². The van der Waals surface area contributed by atoms with E-state index >= 15 is 0 Å². The summed E-state index contributed by atoms with van der Waals surface area (Å²) in [7, 11) is 3.96. The zero-order valence-electron chi connectivity index (χ0n) is 11.9. The molecule has 1 unspecified atom stereocenters. The standard InChI is InChI=1S/C13H21BrN4OS/c1-17(2)4-5-18-13(19)12(14)11(8-16-18)15-7-10-3-6-20-9-10/h8,10,15H,3-7,9H2,1-2H3. The molecule has 0 aliphatic carbocycles. The van der Waals surface area contributed by atoms with Crippen molar-refractivity contribution >= 4 is 33.4 Å². The number of rotatable bonds is 6. The Bertz CT molecular complexity index is 500. The van der Waals surface area contributed by atoms with Crippen LogP contribution in [0.5, 0.6) is 0 Å². The molecule has 1 fully saturated rings. The number of anilines is 1. The van der Waals surface area contributed by atoms with Gasteiger partial charge in [-0.05, 0) is 53.9 Å². The molecule has 2 heterocycles. The molecule has 1 saturated heterocycles. The van der Waals surface area contributed by atoms with Crippen molar-refractivity contribution in [2.45, 2.75) is 13.0 Å². The van der Waals surface area contributed by atoms with E-state index in [9.17, 15) is 4.79 Å². The lowest BCUT2D eigenvalue weighted by Gasteiger charge is -2.14. The Balaban J connectivity index is 2.00. The first kappa shape index (κ1) is 15.9. The monoisotopic (exact) mass is 360 g/mol. The van der Waals surface area contributed by atoms with E-state index in [0.717, 1.165) is 18.8 Å². The predicted molar refractivity (Wildman–Crippen MR) is 88.7 cm³/mol. The van der Waals surface area contributed by atoms with Crippen LogP contribution in [0.1, 0.15) is 6.42 Å². The van der Waals surface area contributed by atoms with E-state index in [1.807, 2.05) is 30.8 Å². The molecule has 0 aromatic carbocycles. The highest BCUT2D eigenvalue weighted by Gasteiger charge is 2.16. The minimum Gasteiger partial charge on any atom is -0.382 e. The van der Waals surface area contributed by atoms with Gasteiger partial charge in [0, 0.05) is 13.1 Å². The molecule has 0 bridgehead atoms. The quantitative estimate of drug-likeness (QED) is 0.837. The number of thioether (sulfide) groups is 1. The van der Waals surface area contributed by atoms with Gasteiger partial charge < -0.3 is 10.2 Å². The Kier molecular flexibility index (Phi) is 5.92. The zero-order chi connectivity index (χ0) is 14.5. The molecule has 1 N–H and O–H groups in total. The van der Waals surface area contributed by atoms with Crippen LogP contribution in [0.4, 0.5) is 5.69 Å². The van der Waals surface area contributed by atoms with Crippen molar-refractivity contribution in [2.75, 3.05) is 44.0 Å². The summed E-state index contributed by atoms with van der Waals surface area (Å²) in [5.74, 6) is 3.15. The Labute approximate surface area is 132 Å². The highest BCUT2D eigenvalue weighted by molar-refractivity contribution is 9.10. The van der Waals surface area contributed by atoms with Crippen LogP contribution in [0.2, 0.25) is 0 Å². The SMILES string of the molecule is CN(C)CCn1ncc(NCC2CCSC2)c(Br)c1=O. The van der Waals surface area contributed by atoms with Gasteiger partial charge in [-0.15, -0.1) is 0 Å². The van der Waals surface area contributed by atoms with Gasteiger partial charge >= 0.3 is 0 Å². The van der Waals surface area contributed by atoms with Crippen LogP contribution < -0.4 is 10.9 Å². The number of likely N-dealkylation sites (N-methyl/N-ethyl adjacent to an activating group) is 1. The molecule has 20 heavy (non-hydrogen) atoms. The second-order valence-electron chi connectivity index (χ2n) is 5.31. The number of aromatic nitrogens is 2. The maximum Gasteiger partial charge on any atom is 0.283 e. The summed E-state index contributed by atoms with van der Waals surface area (Å²) < 4.78 is 2.08. The fourth-order valence-corrected chi connectivity index (χ4v) is 3.77. The zero-order valence-corrected chi connectivity index (χ0v) is 14.3. The summed E-state index contributed by atoms with van der Waals surface area (Å²) in [6.07, 6.45) is 2.99. The van der Waals surface area contributed by atoms with E-state index in [2.05, 4.69) is 26.3 Å². The van der Waals surface area contributed by atoms with Crippen LogP contribution in [-0.4, -0.2) is 53.4 Å². The molecule has 5 nitrogen and oxygen atoms in total. The molecule has 1 aromatic heterocycles. The van der Waals surface area contributed by atoms with E-state index in [1.165, 1.54) is 22.6 Å². The molecule has 0 amide bonds. The van der Waals surface area contributed by atoms with Crippen molar-refractivity contribution in [3.8, 4) is 0 Å². The summed E-state index contributed by atoms with van der Waals surface area (Å²) in [6, 6.07) is 0. The molecule has 2 rings (SSSR count). The van der Waals surface area contributed by atoms with E-state index in [1.54, 1.807) is 6.20 Å². The molecule has 0 saturated carbocycles. The van der Waals surface area contributed by atoms with Gasteiger partial charge in [0.25, 0.3) is 5.56 Å². The van der Waals surface area contributed by atoms with Gasteiger partial charge in [0.15, 0.2) is 0 Å². The van der Waals surface area contributed by atoms with Crippen LogP contribution in [-0.2, 0) is 6.54 Å². The highest BCUT2D eigenvalue weighted by atomic mass is 79.9. The molecule has 7 heteroatoms. The average molecular weight is 361 g/mol. The minimum atomic E-state index is -0.0716. The third-order valence-corrected chi connectivity index (χ3v) is 5.35. The van der Waals surface area contributed by atoms with Crippen LogP contribution >= 0.6 is 27.7 Å². The lowest BCUT2D eigenvalue weighted by Crippen LogP contribution is -2.29. The lowest BCUT2D eigenvalue weighted by molar-refractivity contribution is 0.367. The number of nitrogens with one attached hydrogen (secondary N) is 1. The van der Waals surface area contributed by atoms with Gasteiger partial charge in [-0.25, -0.2) is 4.68 Å². The molecule has 1 aliphatic heterocycles. The second-order valence-corrected chi connectivity index (χ2v) is 7.26. The smallest absolute Gasteiger partial charge is 0.283 e. The summed E-state index contributed by atoms with van der Waals surface area (Å²) in [5.41, 5.74) is 0.727. The van der Waals surface area contributed by atoms with E-state index in [4.69, 9.17) is 0 Å². The second kappa shape index (κ2) is 7.47. The van der Waals surface area contributed by atoms with Gasteiger partial charge in [-0.1, -0.05) is 0 Å². The van der Waals surface area contributed by atoms with E-state index in [0.29, 0.717) is 16.9 Å². The normalized spacial score (nSPS) is 18.7. The van der Waals surface area contributed by atoms with Crippen molar-refractivity contribution < 1.29 is 0 Å². The van der Waals surface area contributed by atoms with Crippen molar-refractivity contribution in [2.24, 2.45) is 5.92 Å². The molecule has 112 valence electrons. The maximum atomic E-state index is 12.2. The molecular formula is C13H21BrN4OS. The Hall–Kier alpha value is -0.530. The number of hydrogen-bond donors (Lipinski definition) is 1. The molecule has 1 aromatic rings. The van der Waals surface area contributed by atoms with Crippen LogP contribution in [0, 0.1) is 5.92 Å².